The predicted octanol–water partition coefficient (Wildman–Crippen LogP) is 5.13. The van der Waals surface area contributed by atoms with Crippen molar-refractivity contribution in [1.29, 1.82) is 0 Å². The highest BCUT2D eigenvalue weighted by Gasteiger charge is 2.08. The summed E-state index contributed by atoms with van der Waals surface area (Å²) in [6.07, 6.45) is 2.26. The average molecular weight is 350 g/mol. The van der Waals surface area contributed by atoms with E-state index in [9.17, 15) is 0 Å². The van der Waals surface area contributed by atoms with Crippen molar-refractivity contribution in [3.63, 3.8) is 0 Å². The molecular formula is C13H18Br2O. The molecule has 0 spiro atoms. The molecule has 0 bridgehead atoms. The molecule has 1 aromatic carbocycles. The van der Waals surface area contributed by atoms with E-state index in [1.165, 1.54) is 5.56 Å². The maximum Gasteiger partial charge on any atom is 0.122 e. The molecule has 90 valence electrons. The summed E-state index contributed by atoms with van der Waals surface area (Å²) in [5.74, 6) is 1.51. The number of benzene rings is 1. The van der Waals surface area contributed by atoms with Crippen LogP contribution >= 0.6 is 31.9 Å². The third-order valence-electron chi connectivity index (χ3n) is 2.38. The first-order valence-electron chi connectivity index (χ1n) is 5.63. The fraction of sp³-hybridized carbons (Fsp3) is 0.538. The second-order valence-corrected chi connectivity index (χ2v) is 5.79. The Hall–Kier alpha value is -0.0200. The van der Waals surface area contributed by atoms with E-state index in [1.807, 2.05) is 12.1 Å². The van der Waals surface area contributed by atoms with Crippen LogP contribution in [0.5, 0.6) is 5.75 Å². The minimum Gasteiger partial charge on any atom is -0.493 e. The summed E-state index contributed by atoms with van der Waals surface area (Å²) in [7, 11) is 0. The lowest BCUT2D eigenvalue weighted by Gasteiger charge is -2.14. The van der Waals surface area contributed by atoms with Gasteiger partial charge >= 0.3 is 0 Å². The molecule has 0 aliphatic heterocycles. The molecule has 0 saturated carbocycles. The van der Waals surface area contributed by atoms with Crippen molar-refractivity contribution in [2.45, 2.75) is 32.6 Å². The minimum atomic E-state index is 0.490. The van der Waals surface area contributed by atoms with Crippen LogP contribution in [0.1, 0.15) is 38.2 Å². The van der Waals surface area contributed by atoms with Crippen LogP contribution in [0, 0.1) is 0 Å². The third kappa shape index (κ3) is 4.46. The average Bonchev–Trinajstić information content (AvgIpc) is 2.26. The van der Waals surface area contributed by atoms with Crippen LogP contribution in [-0.2, 0) is 0 Å². The Balaban J connectivity index is 2.64. The van der Waals surface area contributed by atoms with Crippen LogP contribution < -0.4 is 4.74 Å². The quantitative estimate of drug-likeness (QED) is 0.511. The minimum absolute atomic E-state index is 0.490. The Bertz CT molecular complexity index is 324. The van der Waals surface area contributed by atoms with Crippen LogP contribution in [0.15, 0.2) is 22.7 Å². The zero-order valence-corrected chi connectivity index (χ0v) is 13.0. The highest BCUT2D eigenvalue weighted by Crippen LogP contribution is 2.29. The van der Waals surface area contributed by atoms with Gasteiger partial charge in [-0.15, -0.1) is 0 Å². The monoisotopic (exact) mass is 348 g/mol. The topological polar surface area (TPSA) is 9.23 Å². The summed E-state index contributed by atoms with van der Waals surface area (Å²) in [5.41, 5.74) is 1.27. The van der Waals surface area contributed by atoms with E-state index >= 15 is 0 Å². The molecular weight excluding hydrogens is 332 g/mol. The largest absolute Gasteiger partial charge is 0.493 e. The second kappa shape index (κ2) is 7.33. The molecule has 0 amide bonds. The summed E-state index contributed by atoms with van der Waals surface area (Å²) in [5, 5.41) is 1.05. The molecule has 0 aliphatic carbocycles. The van der Waals surface area contributed by atoms with Crippen molar-refractivity contribution >= 4 is 31.9 Å². The third-order valence-corrected chi connectivity index (χ3v) is 3.43. The van der Waals surface area contributed by atoms with Crippen LogP contribution in [0.4, 0.5) is 0 Å². The molecule has 1 nitrogen and oxygen atoms in total. The van der Waals surface area contributed by atoms with Crippen molar-refractivity contribution in [3.05, 3.63) is 28.2 Å². The van der Waals surface area contributed by atoms with E-state index in [-0.39, 0.29) is 0 Å². The lowest BCUT2D eigenvalue weighted by Crippen LogP contribution is -2.01. The first kappa shape index (κ1) is 14.0. The molecule has 3 heteroatoms. The van der Waals surface area contributed by atoms with E-state index < -0.39 is 0 Å². The van der Waals surface area contributed by atoms with Crippen LogP contribution in [0.3, 0.4) is 0 Å². The van der Waals surface area contributed by atoms with E-state index in [4.69, 9.17) is 4.74 Å². The van der Waals surface area contributed by atoms with Crippen LogP contribution in [0.25, 0.3) is 0 Å². The smallest absolute Gasteiger partial charge is 0.122 e. The number of alkyl halides is 1. The first-order chi connectivity index (χ1) is 7.65. The summed E-state index contributed by atoms with van der Waals surface area (Å²) >= 11 is 6.92. The highest BCUT2D eigenvalue weighted by atomic mass is 79.9. The zero-order chi connectivity index (χ0) is 12.0. The molecule has 0 aliphatic rings. The van der Waals surface area contributed by atoms with Gasteiger partial charge in [-0.3, -0.25) is 0 Å². The Morgan fingerprint density at radius 3 is 2.62 bits per heavy atom. The molecule has 1 rings (SSSR count). The van der Waals surface area contributed by atoms with Crippen molar-refractivity contribution < 1.29 is 4.74 Å². The molecule has 0 atom stereocenters. The van der Waals surface area contributed by atoms with E-state index in [0.717, 1.165) is 35.0 Å². The van der Waals surface area contributed by atoms with Crippen LogP contribution in [-0.4, -0.2) is 11.9 Å². The molecule has 16 heavy (non-hydrogen) atoms. The summed E-state index contributed by atoms with van der Waals surface area (Å²) in [6, 6.07) is 6.23. The van der Waals surface area contributed by atoms with Crippen molar-refractivity contribution in [2.75, 3.05) is 11.9 Å². The number of hydrogen-bond acceptors (Lipinski definition) is 1. The Morgan fingerprint density at radius 2 is 2.00 bits per heavy atom. The molecule has 0 heterocycles. The van der Waals surface area contributed by atoms with Gasteiger partial charge in [0, 0.05) is 9.80 Å². The Morgan fingerprint density at radius 1 is 1.25 bits per heavy atom. The van der Waals surface area contributed by atoms with Crippen molar-refractivity contribution in [1.82, 2.24) is 0 Å². The fourth-order valence-electron chi connectivity index (χ4n) is 1.48. The number of rotatable bonds is 6. The van der Waals surface area contributed by atoms with E-state index in [0.29, 0.717) is 5.92 Å². The van der Waals surface area contributed by atoms with E-state index in [1.54, 1.807) is 0 Å². The standard InChI is InChI=1S/C13H18Br2O/c1-10(2)12-9-11(15)5-6-13(12)16-8-4-3-7-14/h5-6,9-10H,3-4,7-8H2,1-2H3. The Kier molecular flexibility index (Phi) is 6.44. The highest BCUT2D eigenvalue weighted by molar-refractivity contribution is 9.10. The van der Waals surface area contributed by atoms with Crippen molar-refractivity contribution in [3.8, 4) is 5.75 Å². The van der Waals surface area contributed by atoms with Gasteiger partial charge in [0.2, 0.25) is 0 Å². The van der Waals surface area contributed by atoms with Gasteiger partial charge in [0.05, 0.1) is 6.61 Å². The number of ether oxygens (including phenoxy) is 1. The molecule has 1 aromatic rings. The number of hydrogen-bond donors (Lipinski definition) is 0. The van der Waals surface area contributed by atoms with Gasteiger partial charge in [0.15, 0.2) is 0 Å². The first-order valence-corrected chi connectivity index (χ1v) is 7.54. The summed E-state index contributed by atoms with van der Waals surface area (Å²) in [4.78, 5) is 0. The molecule has 0 radical (unpaired) electrons. The van der Waals surface area contributed by atoms with Gasteiger partial charge < -0.3 is 4.74 Å². The Labute approximate surface area is 115 Å². The lowest BCUT2D eigenvalue weighted by atomic mass is 10.0. The SMILES string of the molecule is CC(C)c1cc(Br)ccc1OCCCCBr. The fourth-order valence-corrected chi connectivity index (χ4v) is 2.26. The van der Waals surface area contributed by atoms with Crippen molar-refractivity contribution in [2.24, 2.45) is 0 Å². The van der Waals surface area contributed by atoms with Gasteiger partial charge in [0.1, 0.15) is 5.75 Å². The lowest BCUT2D eigenvalue weighted by molar-refractivity contribution is 0.306. The zero-order valence-electron chi connectivity index (χ0n) is 9.80. The molecule has 0 saturated heterocycles. The maximum atomic E-state index is 5.81. The number of unbranched alkanes of at least 4 members (excludes halogenated alkanes) is 1. The number of halogens is 2. The van der Waals surface area contributed by atoms with Gasteiger partial charge in [0.25, 0.3) is 0 Å². The van der Waals surface area contributed by atoms with Gasteiger partial charge in [-0.2, -0.15) is 0 Å². The van der Waals surface area contributed by atoms with Gasteiger partial charge in [-0.1, -0.05) is 45.7 Å². The molecule has 0 N–H and O–H groups in total. The van der Waals surface area contributed by atoms with Crippen LogP contribution in [0.2, 0.25) is 0 Å². The molecule has 0 unspecified atom stereocenters. The molecule has 0 fully saturated rings. The van der Waals surface area contributed by atoms with Gasteiger partial charge in [-0.25, -0.2) is 0 Å². The normalized spacial score (nSPS) is 10.8. The van der Waals surface area contributed by atoms with Gasteiger partial charge in [-0.05, 0) is 42.5 Å². The van der Waals surface area contributed by atoms with E-state index in [2.05, 4.69) is 51.8 Å². The summed E-state index contributed by atoms with van der Waals surface area (Å²) < 4.78 is 6.93. The maximum absolute atomic E-state index is 5.81. The molecule has 0 aromatic heterocycles. The summed E-state index contributed by atoms with van der Waals surface area (Å²) in [6.45, 7) is 5.17. The predicted molar refractivity (Wildman–Crippen MR) is 76.8 cm³/mol. The second-order valence-electron chi connectivity index (χ2n) is 4.08.